The number of cyclic esters (lactones) is 1. The summed E-state index contributed by atoms with van der Waals surface area (Å²) < 4.78 is 12.7. The maximum atomic E-state index is 15.5. The third-order valence-corrected chi connectivity index (χ3v) is 11.6. The lowest BCUT2D eigenvalue weighted by Gasteiger charge is -2.46. The molecule has 0 radical (unpaired) electrons. The Morgan fingerprint density at radius 1 is 0.885 bits per heavy atom. The number of aromatic nitrogens is 2. The highest BCUT2D eigenvalue weighted by atomic mass is 16.6. The van der Waals surface area contributed by atoms with Crippen molar-refractivity contribution in [1.82, 2.24) is 25.5 Å². The number of nitrogens with one attached hydrogen (secondary N) is 4. The van der Waals surface area contributed by atoms with E-state index in [2.05, 4.69) is 37.8 Å². The summed E-state index contributed by atoms with van der Waals surface area (Å²) in [5, 5.41) is 18.5. The first-order chi connectivity index (χ1) is 29.8. The molecular formula is C47H41N7O7. The molecule has 2 fully saturated rings. The number of carbonyl (C=O) groups is 4. The maximum Gasteiger partial charge on any atom is 0.324 e. The molecule has 9 rings (SSSR count). The Hall–Kier alpha value is -7.47. The molecule has 7 N–H and O–H groups in total. The summed E-state index contributed by atoms with van der Waals surface area (Å²) in [5.74, 6) is 3.61. The van der Waals surface area contributed by atoms with Gasteiger partial charge in [0.1, 0.15) is 35.7 Å². The largest absolute Gasteiger partial charge is 0.491 e. The predicted molar refractivity (Wildman–Crippen MR) is 224 cm³/mol. The fourth-order valence-corrected chi connectivity index (χ4v) is 9.28. The zero-order valence-corrected chi connectivity index (χ0v) is 32.7. The molecule has 306 valence electrons. The van der Waals surface area contributed by atoms with E-state index in [9.17, 15) is 9.90 Å². The van der Waals surface area contributed by atoms with Crippen molar-refractivity contribution in [3.8, 4) is 17.6 Å². The second-order valence-electron chi connectivity index (χ2n) is 15.0. The van der Waals surface area contributed by atoms with Gasteiger partial charge in [-0.05, 0) is 53.1 Å². The Bertz CT molecular complexity index is 2680. The Morgan fingerprint density at radius 2 is 1.61 bits per heavy atom. The molecule has 3 aliphatic heterocycles. The summed E-state index contributed by atoms with van der Waals surface area (Å²) in [6, 6.07) is 35.0. The molecule has 4 amide bonds. The van der Waals surface area contributed by atoms with Crippen LogP contribution in [0.4, 0.5) is 10.5 Å². The number of imidazole rings is 1. The number of urea groups is 1. The number of aromatic amines is 1. The number of anilines is 1. The number of aliphatic hydroxyl groups is 1. The van der Waals surface area contributed by atoms with Gasteiger partial charge < -0.3 is 41.2 Å². The summed E-state index contributed by atoms with van der Waals surface area (Å²) in [5.41, 5.74) is 8.32. The van der Waals surface area contributed by atoms with Crippen LogP contribution < -0.4 is 26.4 Å². The number of rotatable bonds is 10. The molecule has 0 saturated carbocycles. The number of hydrogen-bond acceptors (Lipinski definition) is 9. The molecule has 2 saturated heterocycles. The average molecular weight is 816 g/mol. The molecule has 0 aliphatic carbocycles. The lowest BCUT2D eigenvalue weighted by Crippen LogP contribution is -2.54. The van der Waals surface area contributed by atoms with E-state index >= 15 is 14.4 Å². The number of nitrogens with two attached hydrogens (primary N) is 1. The summed E-state index contributed by atoms with van der Waals surface area (Å²) in [4.78, 5) is 67.3. The Balaban J connectivity index is 1.30. The Morgan fingerprint density at radius 3 is 2.36 bits per heavy atom. The summed E-state index contributed by atoms with van der Waals surface area (Å²) >= 11 is 0. The minimum Gasteiger partial charge on any atom is -0.491 e. The van der Waals surface area contributed by atoms with Crippen molar-refractivity contribution in [1.29, 1.82) is 0 Å². The highest BCUT2D eigenvalue weighted by Gasteiger charge is 2.74. The first-order valence-electron chi connectivity index (χ1n) is 19.9. The van der Waals surface area contributed by atoms with Gasteiger partial charge in [-0.15, -0.1) is 0 Å². The van der Waals surface area contributed by atoms with Crippen molar-refractivity contribution in [3.63, 3.8) is 0 Å². The van der Waals surface area contributed by atoms with Gasteiger partial charge >= 0.3 is 12.0 Å². The topological polar surface area (TPSA) is 201 Å². The van der Waals surface area contributed by atoms with Gasteiger partial charge in [0, 0.05) is 16.8 Å². The van der Waals surface area contributed by atoms with Gasteiger partial charge in [-0.3, -0.25) is 19.3 Å². The normalized spacial score (nSPS) is 22.7. The molecule has 5 aromatic carbocycles. The van der Waals surface area contributed by atoms with E-state index < -0.39 is 59.4 Å². The molecule has 0 bridgehead atoms. The van der Waals surface area contributed by atoms with Gasteiger partial charge in [0.05, 0.1) is 48.7 Å². The van der Waals surface area contributed by atoms with Crippen molar-refractivity contribution in [3.05, 3.63) is 161 Å². The smallest absolute Gasteiger partial charge is 0.324 e. The lowest BCUT2D eigenvalue weighted by molar-refractivity contribution is -0.178. The number of nitrogens with zero attached hydrogens (tertiary/aromatic N) is 2. The average Bonchev–Trinajstić information content (AvgIpc) is 3.94. The van der Waals surface area contributed by atoms with Crippen LogP contribution in [0.5, 0.6) is 5.75 Å². The van der Waals surface area contributed by atoms with Crippen LogP contribution in [0, 0.1) is 17.8 Å². The molecule has 3 aliphatic rings. The number of H-pyrrole nitrogens is 1. The number of primary amides is 1. The van der Waals surface area contributed by atoms with Gasteiger partial charge in [-0.25, -0.2) is 9.78 Å². The van der Waals surface area contributed by atoms with E-state index in [1.165, 1.54) is 0 Å². The SMILES string of the molecule is NC(=O)NCC#Cc1ccc2c(c1)[C@]1(C(=O)N2)[C@H](c2ccccc2OCCO)N2[C@H](c3ccccc3)[C@H](c3ccccc3)OC(=O)[C@H]2[C@@H]1C(=O)NCc1nc2ccccc2[nH]1. The fourth-order valence-electron chi connectivity index (χ4n) is 9.28. The number of hydrogen-bond donors (Lipinski definition) is 6. The van der Waals surface area contributed by atoms with Crippen molar-refractivity contribution >= 4 is 40.5 Å². The first-order valence-corrected chi connectivity index (χ1v) is 19.9. The summed E-state index contributed by atoms with van der Waals surface area (Å²) in [6.07, 6.45) is -0.867. The van der Waals surface area contributed by atoms with Crippen LogP contribution in [0.25, 0.3) is 11.0 Å². The van der Waals surface area contributed by atoms with E-state index in [1.54, 1.807) is 30.3 Å². The Labute approximate surface area is 350 Å². The molecule has 14 heteroatoms. The van der Waals surface area contributed by atoms with Crippen LogP contribution in [0.1, 0.15) is 51.8 Å². The quantitative estimate of drug-likeness (QED) is 0.0849. The van der Waals surface area contributed by atoms with E-state index in [0.29, 0.717) is 39.5 Å². The van der Waals surface area contributed by atoms with Crippen molar-refractivity contribution in [2.75, 3.05) is 25.1 Å². The molecule has 6 atom stereocenters. The number of fused-ring (bicyclic) bond motifs is 4. The van der Waals surface area contributed by atoms with Crippen LogP contribution in [0.15, 0.2) is 127 Å². The molecule has 61 heavy (non-hydrogen) atoms. The number of benzene rings is 5. The lowest BCUT2D eigenvalue weighted by atomic mass is 9.65. The van der Waals surface area contributed by atoms with E-state index in [4.69, 9.17) is 15.2 Å². The van der Waals surface area contributed by atoms with Crippen LogP contribution in [0.2, 0.25) is 0 Å². The number of morpholine rings is 1. The zero-order valence-electron chi connectivity index (χ0n) is 32.7. The van der Waals surface area contributed by atoms with Gasteiger partial charge in [0.15, 0.2) is 0 Å². The van der Waals surface area contributed by atoms with E-state index in [0.717, 1.165) is 16.6 Å². The van der Waals surface area contributed by atoms with Crippen molar-refractivity contribution < 1.29 is 33.8 Å². The first kappa shape index (κ1) is 39.0. The summed E-state index contributed by atoms with van der Waals surface area (Å²) in [6.45, 7) is -0.403. The maximum absolute atomic E-state index is 15.5. The molecule has 4 heterocycles. The van der Waals surface area contributed by atoms with Gasteiger partial charge in [-0.2, -0.15) is 0 Å². The molecule has 6 aromatic rings. The number of esters is 1. The van der Waals surface area contributed by atoms with Crippen LogP contribution in [-0.4, -0.2) is 69.6 Å². The number of amides is 4. The Kier molecular flexibility index (Phi) is 10.4. The number of carbonyl (C=O) groups excluding carboxylic acids is 4. The zero-order chi connectivity index (χ0) is 42.1. The fraction of sp³-hybridized carbons (Fsp3) is 0.213. The molecule has 1 aromatic heterocycles. The van der Waals surface area contributed by atoms with Gasteiger partial charge in [0.2, 0.25) is 11.8 Å². The number of para-hydroxylation sites is 3. The molecule has 14 nitrogen and oxygen atoms in total. The molecule has 0 unspecified atom stereocenters. The van der Waals surface area contributed by atoms with Crippen LogP contribution in [0.3, 0.4) is 0 Å². The van der Waals surface area contributed by atoms with Gasteiger partial charge in [-0.1, -0.05) is 103 Å². The monoisotopic (exact) mass is 815 g/mol. The second kappa shape index (κ2) is 16.3. The molecule has 1 spiro atoms. The predicted octanol–water partition coefficient (Wildman–Crippen LogP) is 4.54. The van der Waals surface area contributed by atoms with Crippen molar-refractivity contribution in [2.45, 2.75) is 36.2 Å². The van der Waals surface area contributed by atoms with E-state index in [1.807, 2.05) is 102 Å². The third-order valence-electron chi connectivity index (χ3n) is 11.6. The minimum atomic E-state index is -1.82. The van der Waals surface area contributed by atoms with E-state index in [-0.39, 0.29) is 26.3 Å². The standard InChI is InChI=1S/C47H41N7O7/c48-46(59)49-23-11-12-28-21-22-33-32(26-28)47(45(58)53-33)38(43(56)50-27-37-51-34-18-8-9-19-35(34)52-37)40-44(57)61-41(30-15-5-2-6-16-30)39(29-13-3-1-4-14-29)54(40)42(47)31-17-7-10-20-36(31)60-25-24-55/h1-10,13-22,26,38-42,55H,23-25,27H2,(H,50,56)(H,51,52)(H,53,58)(H3,48,49,59)/t38-,39-,40-,41+,42+,47-/m1/s1. The number of ether oxygens (including phenoxy) is 2. The third kappa shape index (κ3) is 6.89. The second-order valence-corrected chi connectivity index (χ2v) is 15.0. The highest BCUT2D eigenvalue weighted by Crippen LogP contribution is 2.65. The van der Waals surface area contributed by atoms with Crippen molar-refractivity contribution in [2.24, 2.45) is 11.7 Å². The molecular weight excluding hydrogens is 775 g/mol. The van der Waals surface area contributed by atoms with Crippen LogP contribution in [-0.2, 0) is 31.1 Å². The minimum absolute atomic E-state index is 0.0267. The number of aliphatic hydroxyl groups excluding tert-OH is 1. The van der Waals surface area contributed by atoms with Crippen LogP contribution >= 0.6 is 0 Å². The highest BCUT2D eigenvalue weighted by molar-refractivity contribution is 6.12. The summed E-state index contributed by atoms with van der Waals surface area (Å²) in [7, 11) is 0. The van der Waals surface area contributed by atoms with Gasteiger partial charge in [0.25, 0.3) is 0 Å².